The molecule has 1 unspecified atom stereocenters. The standard InChI is InChI=1S/C24H30N4O3/c1-14-21(24(30)31-7)16(3)25-22(14)23(29)18(5)27(6)13-20-15(2)26-28(17(20)4)19-11-9-8-10-12-19/h8-12,18,25H,13H2,1-7H3/p+1/t18-/m1/s1. The van der Waals surface area contributed by atoms with Crippen LogP contribution < -0.4 is 4.90 Å². The summed E-state index contributed by atoms with van der Waals surface area (Å²) >= 11 is 0. The van der Waals surface area contributed by atoms with Crippen LogP contribution in [0.25, 0.3) is 5.69 Å². The maximum Gasteiger partial charge on any atom is 0.339 e. The molecule has 7 nitrogen and oxygen atoms in total. The number of Topliss-reactive ketones (excluding diaryl/α,β-unsaturated/α-hetero) is 1. The summed E-state index contributed by atoms with van der Waals surface area (Å²) in [6.45, 7) is 10.2. The Bertz CT molecular complexity index is 1110. The van der Waals surface area contributed by atoms with Crippen molar-refractivity contribution >= 4 is 11.8 Å². The van der Waals surface area contributed by atoms with Gasteiger partial charge in [-0.3, -0.25) is 4.79 Å². The molecule has 0 aliphatic carbocycles. The molecule has 0 fully saturated rings. The lowest BCUT2D eigenvalue weighted by molar-refractivity contribution is -0.907. The molecule has 3 aromatic rings. The van der Waals surface area contributed by atoms with E-state index in [1.807, 2.05) is 55.9 Å². The van der Waals surface area contributed by atoms with Gasteiger partial charge in [-0.25, -0.2) is 9.48 Å². The van der Waals surface area contributed by atoms with Crippen LogP contribution in [-0.4, -0.2) is 46.7 Å². The van der Waals surface area contributed by atoms with Crippen molar-refractivity contribution in [2.45, 2.75) is 47.2 Å². The molecular weight excluding hydrogens is 392 g/mol. The first kappa shape index (κ1) is 22.5. The molecule has 0 bridgehead atoms. The van der Waals surface area contributed by atoms with Crippen LogP contribution in [0.1, 0.15) is 56.0 Å². The Hall–Kier alpha value is -3.19. The summed E-state index contributed by atoms with van der Waals surface area (Å²) in [5, 5.41) is 4.71. The van der Waals surface area contributed by atoms with Crippen molar-refractivity contribution in [3.63, 3.8) is 0 Å². The number of carbonyl (C=O) groups is 2. The number of esters is 1. The Morgan fingerprint density at radius 1 is 1.16 bits per heavy atom. The number of nitrogens with zero attached hydrogens (tertiary/aromatic N) is 2. The van der Waals surface area contributed by atoms with Gasteiger partial charge in [0.25, 0.3) is 0 Å². The molecule has 2 heterocycles. The van der Waals surface area contributed by atoms with E-state index in [9.17, 15) is 9.59 Å². The van der Waals surface area contributed by atoms with Crippen molar-refractivity contribution in [2.24, 2.45) is 0 Å². The van der Waals surface area contributed by atoms with Crippen LogP contribution in [0.4, 0.5) is 0 Å². The predicted octanol–water partition coefficient (Wildman–Crippen LogP) is 2.51. The second-order valence-electron chi connectivity index (χ2n) is 8.12. The lowest BCUT2D eigenvalue weighted by Crippen LogP contribution is -3.12. The number of hydrogen-bond acceptors (Lipinski definition) is 4. The number of aryl methyl sites for hydroxylation is 2. The van der Waals surface area contributed by atoms with E-state index < -0.39 is 5.97 Å². The highest BCUT2D eigenvalue weighted by Gasteiger charge is 2.30. The SMILES string of the molecule is COC(=O)c1c(C)[nH]c(C(=O)[C@@H](C)[NH+](C)Cc2c(C)nn(-c3ccccc3)c2C)c1C. The number of ketones is 1. The number of quaternary nitrogens is 1. The molecule has 31 heavy (non-hydrogen) atoms. The number of nitrogens with one attached hydrogen (secondary N) is 2. The molecule has 0 aliphatic rings. The average Bonchev–Trinajstić information content (AvgIpc) is 3.22. The number of likely N-dealkylation sites (N-methyl/N-ethyl adjacent to an activating group) is 1. The lowest BCUT2D eigenvalue weighted by Gasteiger charge is -2.21. The zero-order chi connectivity index (χ0) is 22.9. The van der Waals surface area contributed by atoms with Gasteiger partial charge in [-0.2, -0.15) is 5.10 Å². The van der Waals surface area contributed by atoms with Crippen LogP contribution in [0.5, 0.6) is 0 Å². The van der Waals surface area contributed by atoms with Crippen molar-refractivity contribution in [2.75, 3.05) is 14.2 Å². The number of hydrogen-bond donors (Lipinski definition) is 2. The third kappa shape index (κ3) is 4.18. The van der Waals surface area contributed by atoms with E-state index in [-0.39, 0.29) is 11.8 Å². The van der Waals surface area contributed by atoms with E-state index in [4.69, 9.17) is 9.84 Å². The summed E-state index contributed by atoms with van der Waals surface area (Å²) in [7, 11) is 3.35. The van der Waals surface area contributed by atoms with Crippen LogP contribution in [0, 0.1) is 27.7 Å². The van der Waals surface area contributed by atoms with Crippen molar-refractivity contribution < 1.29 is 19.2 Å². The number of ether oxygens (including phenoxy) is 1. The Morgan fingerprint density at radius 2 is 1.81 bits per heavy atom. The summed E-state index contributed by atoms with van der Waals surface area (Å²) in [5.74, 6) is -0.461. The zero-order valence-electron chi connectivity index (χ0n) is 19.3. The first-order valence-electron chi connectivity index (χ1n) is 10.4. The largest absolute Gasteiger partial charge is 0.465 e. The molecule has 3 rings (SSSR count). The van der Waals surface area contributed by atoms with Crippen LogP contribution >= 0.6 is 0 Å². The summed E-state index contributed by atoms with van der Waals surface area (Å²) in [6, 6.07) is 9.72. The van der Waals surface area contributed by atoms with Crippen molar-refractivity contribution in [3.05, 3.63) is 69.8 Å². The van der Waals surface area contributed by atoms with Gasteiger partial charge < -0.3 is 14.6 Å². The van der Waals surface area contributed by atoms with E-state index in [0.29, 0.717) is 29.1 Å². The molecule has 2 atom stereocenters. The Kier molecular flexibility index (Phi) is 6.45. The third-order valence-electron chi connectivity index (χ3n) is 6.10. The first-order valence-corrected chi connectivity index (χ1v) is 10.4. The highest BCUT2D eigenvalue weighted by molar-refractivity contribution is 6.03. The molecule has 0 radical (unpaired) electrons. The van der Waals surface area contributed by atoms with Gasteiger partial charge in [-0.1, -0.05) is 18.2 Å². The molecule has 0 spiro atoms. The molecule has 164 valence electrons. The van der Waals surface area contributed by atoms with Gasteiger partial charge >= 0.3 is 5.97 Å². The molecule has 0 saturated heterocycles. The number of aromatic nitrogens is 3. The molecule has 0 aliphatic heterocycles. The van der Waals surface area contributed by atoms with Gasteiger partial charge in [0.2, 0.25) is 5.78 Å². The van der Waals surface area contributed by atoms with Crippen molar-refractivity contribution in [1.29, 1.82) is 0 Å². The van der Waals surface area contributed by atoms with E-state index in [0.717, 1.165) is 27.5 Å². The summed E-state index contributed by atoms with van der Waals surface area (Å²) in [5.41, 5.74) is 6.37. The lowest BCUT2D eigenvalue weighted by atomic mass is 10.0. The smallest absolute Gasteiger partial charge is 0.339 e. The van der Waals surface area contributed by atoms with E-state index in [2.05, 4.69) is 11.9 Å². The van der Waals surface area contributed by atoms with Crippen LogP contribution in [0.15, 0.2) is 30.3 Å². The zero-order valence-corrected chi connectivity index (χ0v) is 19.3. The molecule has 2 aromatic heterocycles. The molecule has 1 aromatic carbocycles. The summed E-state index contributed by atoms with van der Waals surface area (Å²) < 4.78 is 6.81. The van der Waals surface area contributed by atoms with Crippen LogP contribution in [0.3, 0.4) is 0 Å². The van der Waals surface area contributed by atoms with Gasteiger partial charge in [0.1, 0.15) is 6.54 Å². The fraction of sp³-hybridized carbons (Fsp3) is 0.375. The van der Waals surface area contributed by atoms with Gasteiger partial charge in [-0.15, -0.1) is 0 Å². The summed E-state index contributed by atoms with van der Waals surface area (Å²) in [6.07, 6.45) is 0. The number of methoxy groups -OCH3 is 1. The number of H-pyrrole nitrogens is 1. The minimum absolute atomic E-state index is 0.0287. The Morgan fingerprint density at radius 3 is 2.42 bits per heavy atom. The monoisotopic (exact) mass is 423 g/mol. The van der Waals surface area contributed by atoms with E-state index in [1.165, 1.54) is 7.11 Å². The molecule has 2 N–H and O–H groups in total. The maximum atomic E-state index is 13.2. The van der Waals surface area contributed by atoms with Crippen LogP contribution in [0.2, 0.25) is 0 Å². The highest BCUT2D eigenvalue weighted by Crippen LogP contribution is 2.20. The highest BCUT2D eigenvalue weighted by atomic mass is 16.5. The van der Waals surface area contributed by atoms with Gasteiger partial charge in [0, 0.05) is 5.69 Å². The normalized spacial score (nSPS) is 13.1. The summed E-state index contributed by atoms with van der Waals surface area (Å²) in [4.78, 5) is 29.5. The molecular formula is C24H31N4O3+. The quantitative estimate of drug-likeness (QED) is 0.452. The third-order valence-corrected chi connectivity index (χ3v) is 6.10. The number of para-hydroxylation sites is 1. The first-order chi connectivity index (χ1) is 14.7. The molecule has 0 amide bonds. The van der Waals surface area contributed by atoms with E-state index >= 15 is 0 Å². The van der Waals surface area contributed by atoms with Gasteiger partial charge in [0.15, 0.2) is 6.04 Å². The topological polar surface area (TPSA) is 81.4 Å². The predicted molar refractivity (Wildman–Crippen MR) is 119 cm³/mol. The number of benzene rings is 1. The Balaban J connectivity index is 1.83. The number of aromatic amines is 1. The van der Waals surface area contributed by atoms with Crippen molar-refractivity contribution in [1.82, 2.24) is 14.8 Å². The maximum absolute atomic E-state index is 13.2. The minimum Gasteiger partial charge on any atom is -0.465 e. The second-order valence-corrected chi connectivity index (χ2v) is 8.12. The second kappa shape index (κ2) is 8.89. The van der Waals surface area contributed by atoms with Gasteiger partial charge in [-0.05, 0) is 52.3 Å². The molecule has 7 heteroatoms. The number of rotatable bonds is 7. The Labute approximate surface area is 183 Å². The van der Waals surface area contributed by atoms with Crippen LogP contribution in [-0.2, 0) is 11.3 Å². The van der Waals surface area contributed by atoms with Gasteiger partial charge in [0.05, 0.1) is 48.1 Å². The van der Waals surface area contributed by atoms with Crippen molar-refractivity contribution in [3.8, 4) is 5.69 Å². The van der Waals surface area contributed by atoms with E-state index in [1.54, 1.807) is 13.8 Å². The molecule has 0 saturated carbocycles. The fourth-order valence-corrected chi connectivity index (χ4v) is 4.03. The number of carbonyl (C=O) groups excluding carboxylic acids is 2. The fourth-order valence-electron chi connectivity index (χ4n) is 4.03. The average molecular weight is 424 g/mol. The minimum atomic E-state index is -0.432.